The summed E-state index contributed by atoms with van der Waals surface area (Å²) in [5.74, 6) is 0. The van der Waals surface area contributed by atoms with Crippen molar-refractivity contribution in [2.75, 3.05) is 7.11 Å². The molecule has 1 rings (SSSR count). The van der Waals surface area contributed by atoms with Gasteiger partial charge in [0, 0.05) is 13.8 Å². The Balaban J connectivity index is 2.31. The molecule has 0 aromatic rings. The number of rotatable bonds is 0. The molecule has 0 bridgehead atoms. The van der Waals surface area contributed by atoms with E-state index < -0.39 is 0 Å². The highest BCUT2D eigenvalue weighted by Crippen LogP contribution is 2.29. The van der Waals surface area contributed by atoms with Crippen LogP contribution in [0.3, 0.4) is 0 Å². The van der Waals surface area contributed by atoms with Gasteiger partial charge in [-0.05, 0) is 0 Å². The lowest BCUT2D eigenvalue weighted by Crippen LogP contribution is -1.74. The van der Waals surface area contributed by atoms with E-state index in [1.54, 1.807) is 0 Å². The van der Waals surface area contributed by atoms with Gasteiger partial charge in [0.2, 0.25) is 12.2 Å². The van der Waals surface area contributed by atoms with Gasteiger partial charge in [-0.2, -0.15) is 0 Å². The summed E-state index contributed by atoms with van der Waals surface area (Å²) in [5, 5.41) is 0. The largest absolute Gasteiger partial charge is 0.408 e. The first-order chi connectivity index (χ1) is 2.73. The summed E-state index contributed by atoms with van der Waals surface area (Å²) in [6, 6.07) is 0. The zero-order valence-electron chi connectivity index (χ0n) is 4.56. The molecule has 0 saturated carbocycles. The van der Waals surface area contributed by atoms with E-state index in [2.05, 4.69) is 25.3 Å². The highest BCUT2D eigenvalue weighted by molar-refractivity contribution is 4.79. The Kier molecular flexibility index (Phi) is 0.667. The Labute approximate surface area is 38.6 Å². The van der Waals surface area contributed by atoms with Crippen molar-refractivity contribution in [1.29, 1.82) is 0 Å². The molecule has 1 heteroatoms. The minimum Gasteiger partial charge on any atom is -0.408 e. The Hall–Kier alpha value is -0.0400. The van der Waals surface area contributed by atoms with Crippen molar-refractivity contribution in [2.45, 2.75) is 26.1 Å². The molecule has 0 unspecified atom stereocenters. The van der Waals surface area contributed by atoms with Gasteiger partial charge in [0.05, 0.1) is 0 Å². The van der Waals surface area contributed by atoms with Crippen LogP contribution < -0.4 is 0 Å². The van der Waals surface area contributed by atoms with E-state index in [9.17, 15) is 0 Å². The first-order valence-electron chi connectivity index (χ1n) is 2.37. The van der Waals surface area contributed by atoms with Crippen molar-refractivity contribution in [3.63, 3.8) is 0 Å². The van der Waals surface area contributed by atoms with Crippen LogP contribution in [0.1, 0.15) is 13.8 Å². The van der Waals surface area contributed by atoms with Crippen LogP contribution >= 0.6 is 0 Å². The monoisotopic (exact) mass is 87.1 g/mol. The summed E-state index contributed by atoms with van der Waals surface area (Å²) >= 11 is 0. The lowest BCUT2D eigenvalue weighted by molar-refractivity contribution is 0.0902. The second-order valence-corrected chi connectivity index (χ2v) is 2.02. The lowest BCUT2D eigenvalue weighted by Gasteiger charge is -1.76. The van der Waals surface area contributed by atoms with E-state index in [4.69, 9.17) is 0 Å². The van der Waals surface area contributed by atoms with Gasteiger partial charge in [0.15, 0.2) is 0 Å². The second kappa shape index (κ2) is 0.969. The van der Waals surface area contributed by atoms with Gasteiger partial charge in [-0.3, -0.25) is 0 Å². The fourth-order valence-electron chi connectivity index (χ4n) is 0.621. The van der Waals surface area contributed by atoms with E-state index in [0.717, 1.165) is 12.2 Å². The molecule has 6 heavy (non-hydrogen) atoms. The third kappa shape index (κ3) is 0.350. The van der Waals surface area contributed by atoms with Gasteiger partial charge in [-0.1, -0.05) is 0 Å². The zero-order valence-corrected chi connectivity index (χ0v) is 4.56. The molecule has 0 aromatic carbocycles. The van der Waals surface area contributed by atoms with Gasteiger partial charge < -0.3 is 4.37 Å². The summed E-state index contributed by atoms with van der Waals surface area (Å²) in [4.78, 5) is 0. The second-order valence-electron chi connectivity index (χ2n) is 2.02. The highest BCUT2D eigenvalue weighted by Gasteiger charge is 2.46. The van der Waals surface area contributed by atoms with Crippen LogP contribution in [-0.4, -0.2) is 19.3 Å². The van der Waals surface area contributed by atoms with Crippen LogP contribution in [0.25, 0.3) is 0 Å². The highest BCUT2D eigenvalue weighted by atomic mass is 16.8. The molecular weight excluding hydrogens is 76.1 g/mol. The predicted octanol–water partition coefficient (Wildman–Crippen LogP) is 0.959. The van der Waals surface area contributed by atoms with E-state index in [1.807, 2.05) is 0 Å². The number of hydrogen-bond acceptors (Lipinski definition) is 0. The average Bonchev–Trinajstić information content (AvgIpc) is 1.94. The standard InChI is InChI=1S/C5H11O/c1-4-5(2)6(4)3/h4-5H,1-3H3/q+1/t4-,5-/m1/s1. The Bertz CT molecular complexity index is 40.7. The normalized spacial score (nSPS) is 46.5. The van der Waals surface area contributed by atoms with Crippen LogP contribution in [-0.2, 0) is 4.37 Å². The summed E-state index contributed by atoms with van der Waals surface area (Å²) in [5.41, 5.74) is 0. The predicted molar refractivity (Wildman–Crippen MR) is 25.9 cm³/mol. The van der Waals surface area contributed by atoms with E-state index in [1.165, 1.54) is 0 Å². The molecule has 36 valence electrons. The summed E-state index contributed by atoms with van der Waals surface area (Å²) in [7, 11) is 2.06. The molecule has 1 aliphatic heterocycles. The molecule has 1 heterocycles. The van der Waals surface area contributed by atoms with Crippen LogP contribution in [0.2, 0.25) is 0 Å². The molecule has 1 nitrogen and oxygen atoms in total. The van der Waals surface area contributed by atoms with Crippen LogP contribution in [0, 0.1) is 0 Å². The minimum absolute atomic E-state index is 0.769. The fourth-order valence-corrected chi connectivity index (χ4v) is 0.621. The van der Waals surface area contributed by atoms with Crippen molar-refractivity contribution in [3.05, 3.63) is 0 Å². The van der Waals surface area contributed by atoms with Gasteiger partial charge in [0.25, 0.3) is 0 Å². The maximum absolute atomic E-state index is 2.99. The van der Waals surface area contributed by atoms with Crippen molar-refractivity contribution in [2.24, 2.45) is 0 Å². The number of epoxide rings is 1. The molecule has 0 aliphatic carbocycles. The average molecular weight is 87.1 g/mol. The topological polar surface area (TPSA) is 2.70 Å². The molecular formula is C5H11O+. The van der Waals surface area contributed by atoms with Crippen molar-refractivity contribution < 1.29 is 4.37 Å². The van der Waals surface area contributed by atoms with Crippen LogP contribution in [0.4, 0.5) is 0 Å². The Morgan fingerprint density at radius 3 is 1.33 bits per heavy atom. The summed E-state index contributed by atoms with van der Waals surface area (Å²) in [6.07, 6.45) is 1.54. The molecule has 0 N–H and O–H groups in total. The van der Waals surface area contributed by atoms with Crippen molar-refractivity contribution in [1.82, 2.24) is 0 Å². The van der Waals surface area contributed by atoms with Gasteiger partial charge in [0.1, 0.15) is 7.11 Å². The van der Waals surface area contributed by atoms with E-state index >= 15 is 0 Å². The molecule has 0 radical (unpaired) electrons. The smallest absolute Gasteiger partial charge is 0.225 e. The first kappa shape index (κ1) is 4.13. The Morgan fingerprint density at radius 1 is 1.17 bits per heavy atom. The zero-order chi connectivity index (χ0) is 4.73. The molecule has 1 fully saturated rings. The van der Waals surface area contributed by atoms with Crippen LogP contribution in [0.15, 0.2) is 0 Å². The molecule has 0 spiro atoms. The maximum Gasteiger partial charge on any atom is 0.225 e. The summed E-state index contributed by atoms with van der Waals surface area (Å²) < 4.78 is 2.99. The first-order valence-corrected chi connectivity index (χ1v) is 2.37. The fraction of sp³-hybridized carbons (Fsp3) is 1.00. The SMILES string of the molecule is C[C@@H]1[C@@H](C)[O+]1C. The minimum atomic E-state index is 0.769. The van der Waals surface area contributed by atoms with E-state index in [0.29, 0.717) is 0 Å². The maximum atomic E-state index is 2.99. The van der Waals surface area contributed by atoms with Crippen molar-refractivity contribution in [3.8, 4) is 0 Å². The van der Waals surface area contributed by atoms with Crippen molar-refractivity contribution >= 4 is 0 Å². The third-order valence-electron chi connectivity index (χ3n) is 1.76. The quantitative estimate of drug-likeness (QED) is 0.306. The van der Waals surface area contributed by atoms with Crippen LogP contribution in [0.5, 0.6) is 0 Å². The Morgan fingerprint density at radius 2 is 1.33 bits per heavy atom. The molecule has 2 atom stereocenters. The lowest BCUT2D eigenvalue weighted by atomic mass is 10.4. The molecule has 1 saturated heterocycles. The molecule has 1 aliphatic rings. The molecule has 0 amide bonds. The summed E-state index contributed by atoms with van der Waals surface area (Å²) in [6.45, 7) is 4.41. The van der Waals surface area contributed by atoms with Gasteiger partial charge in [-0.15, -0.1) is 0 Å². The van der Waals surface area contributed by atoms with E-state index in [-0.39, 0.29) is 0 Å². The third-order valence-corrected chi connectivity index (χ3v) is 1.76. The van der Waals surface area contributed by atoms with Gasteiger partial charge in [-0.25, -0.2) is 0 Å². The molecule has 0 aromatic heterocycles. The van der Waals surface area contributed by atoms with Gasteiger partial charge >= 0.3 is 0 Å². The number of hydrogen-bond donors (Lipinski definition) is 0.